The van der Waals surface area contributed by atoms with Gasteiger partial charge in [-0.3, -0.25) is 0 Å². The van der Waals surface area contributed by atoms with Crippen LogP contribution in [0.3, 0.4) is 0 Å². The Balaban J connectivity index is 1.70. The Morgan fingerprint density at radius 1 is 1.25 bits per heavy atom. The molecular formula is C15H29N3O2. The molecule has 5 nitrogen and oxygen atoms in total. The molecule has 0 aromatic heterocycles. The first-order valence-electron chi connectivity index (χ1n) is 8.00. The zero-order valence-electron chi connectivity index (χ0n) is 12.8. The molecular weight excluding hydrogens is 254 g/mol. The number of amides is 2. The van der Waals surface area contributed by atoms with Crippen LogP contribution < -0.4 is 5.32 Å². The van der Waals surface area contributed by atoms with Crippen molar-refractivity contribution in [2.45, 2.75) is 51.7 Å². The van der Waals surface area contributed by atoms with Crippen molar-refractivity contribution >= 4 is 6.03 Å². The number of rotatable bonds is 3. The van der Waals surface area contributed by atoms with Gasteiger partial charge >= 0.3 is 6.03 Å². The molecule has 0 aromatic rings. The van der Waals surface area contributed by atoms with E-state index in [1.807, 2.05) is 0 Å². The number of carbonyl (C=O) groups is 1. The minimum atomic E-state index is -0.345. The maximum atomic E-state index is 12.2. The molecule has 2 fully saturated rings. The van der Waals surface area contributed by atoms with Crippen molar-refractivity contribution in [3.8, 4) is 0 Å². The van der Waals surface area contributed by atoms with E-state index in [9.17, 15) is 9.90 Å². The van der Waals surface area contributed by atoms with Crippen LogP contribution >= 0.6 is 0 Å². The molecule has 0 aliphatic carbocycles. The lowest BCUT2D eigenvalue weighted by Crippen LogP contribution is -2.52. The Morgan fingerprint density at radius 2 is 1.95 bits per heavy atom. The van der Waals surface area contributed by atoms with Gasteiger partial charge in [-0.2, -0.15) is 0 Å². The second kappa shape index (κ2) is 7.27. The Kier molecular flexibility index (Phi) is 5.66. The minimum Gasteiger partial charge on any atom is -0.391 e. The number of nitrogens with one attached hydrogen (secondary N) is 1. The fourth-order valence-electron chi connectivity index (χ4n) is 3.18. The lowest BCUT2D eigenvalue weighted by atomic mass is 10.0. The smallest absolute Gasteiger partial charge is 0.317 e. The molecule has 0 bridgehead atoms. The normalized spacial score (nSPS) is 26.0. The fraction of sp³-hybridized carbons (Fsp3) is 0.933. The van der Waals surface area contributed by atoms with Crippen LogP contribution in [0, 0.1) is 5.92 Å². The number of piperidine rings is 2. The fourth-order valence-corrected chi connectivity index (χ4v) is 3.18. The molecule has 0 radical (unpaired) electrons. The van der Waals surface area contributed by atoms with Crippen LogP contribution in [0.2, 0.25) is 0 Å². The summed E-state index contributed by atoms with van der Waals surface area (Å²) in [5.41, 5.74) is 0. The zero-order valence-corrected chi connectivity index (χ0v) is 12.8. The van der Waals surface area contributed by atoms with E-state index < -0.39 is 0 Å². The average Bonchev–Trinajstić information content (AvgIpc) is 2.40. The van der Waals surface area contributed by atoms with Crippen LogP contribution in [0.4, 0.5) is 4.79 Å². The van der Waals surface area contributed by atoms with Crippen LogP contribution in [0.15, 0.2) is 0 Å². The molecule has 2 saturated heterocycles. The van der Waals surface area contributed by atoms with Crippen molar-refractivity contribution in [3.63, 3.8) is 0 Å². The summed E-state index contributed by atoms with van der Waals surface area (Å²) in [4.78, 5) is 16.4. The molecule has 2 aliphatic rings. The van der Waals surface area contributed by atoms with Gasteiger partial charge in [0.05, 0.1) is 6.10 Å². The summed E-state index contributed by atoms with van der Waals surface area (Å²) in [6, 6.07) is 0.302. The van der Waals surface area contributed by atoms with E-state index in [1.54, 1.807) is 4.90 Å². The lowest BCUT2D eigenvalue weighted by molar-refractivity contribution is 0.0816. The van der Waals surface area contributed by atoms with Crippen molar-refractivity contribution in [2.75, 3.05) is 32.7 Å². The number of β-amino-alcohol motifs (C(OH)–C–C–N with tert-alkyl or cyclic N) is 1. The number of hydrogen-bond acceptors (Lipinski definition) is 3. The number of urea groups is 1. The van der Waals surface area contributed by atoms with Crippen LogP contribution in [0.1, 0.15) is 39.5 Å². The highest BCUT2D eigenvalue weighted by Gasteiger charge is 2.26. The van der Waals surface area contributed by atoms with Gasteiger partial charge in [0, 0.05) is 38.8 Å². The first kappa shape index (κ1) is 15.6. The molecule has 2 heterocycles. The number of likely N-dealkylation sites (tertiary alicyclic amines) is 2. The van der Waals surface area contributed by atoms with Gasteiger partial charge in [-0.25, -0.2) is 4.79 Å². The topological polar surface area (TPSA) is 55.8 Å². The summed E-state index contributed by atoms with van der Waals surface area (Å²) < 4.78 is 0. The van der Waals surface area contributed by atoms with Crippen LogP contribution in [-0.4, -0.2) is 65.8 Å². The van der Waals surface area contributed by atoms with Gasteiger partial charge in [-0.05, 0) is 31.6 Å². The highest BCUT2D eigenvalue weighted by Crippen LogP contribution is 2.14. The predicted molar refractivity (Wildman–Crippen MR) is 79.6 cm³/mol. The Labute approximate surface area is 122 Å². The summed E-state index contributed by atoms with van der Waals surface area (Å²) in [5.74, 6) is 0.705. The monoisotopic (exact) mass is 283 g/mol. The number of aliphatic hydroxyl groups is 1. The maximum absolute atomic E-state index is 12.2. The minimum absolute atomic E-state index is 0.00561. The summed E-state index contributed by atoms with van der Waals surface area (Å²) in [6.07, 6.45) is 3.45. The van der Waals surface area contributed by atoms with E-state index in [4.69, 9.17) is 0 Å². The molecule has 116 valence electrons. The van der Waals surface area contributed by atoms with Crippen LogP contribution in [0.5, 0.6) is 0 Å². The summed E-state index contributed by atoms with van der Waals surface area (Å²) >= 11 is 0. The van der Waals surface area contributed by atoms with E-state index in [0.29, 0.717) is 18.5 Å². The largest absolute Gasteiger partial charge is 0.391 e. The Hall–Kier alpha value is -0.810. The molecule has 20 heavy (non-hydrogen) atoms. The molecule has 0 spiro atoms. The number of carbonyl (C=O) groups excluding carboxylic acids is 1. The molecule has 2 rings (SSSR count). The summed E-state index contributed by atoms with van der Waals surface area (Å²) in [7, 11) is 0. The van der Waals surface area contributed by atoms with Crippen molar-refractivity contribution in [2.24, 2.45) is 5.92 Å². The second-order valence-corrected chi connectivity index (χ2v) is 6.66. The number of aliphatic hydroxyl groups excluding tert-OH is 1. The molecule has 1 atom stereocenters. The van der Waals surface area contributed by atoms with E-state index in [2.05, 4.69) is 24.1 Å². The van der Waals surface area contributed by atoms with E-state index in [0.717, 1.165) is 51.9 Å². The molecule has 0 aromatic carbocycles. The van der Waals surface area contributed by atoms with Crippen molar-refractivity contribution in [3.05, 3.63) is 0 Å². The van der Waals surface area contributed by atoms with Crippen LogP contribution in [-0.2, 0) is 0 Å². The third-order valence-corrected chi connectivity index (χ3v) is 4.22. The van der Waals surface area contributed by atoms with E-state index in [1.165, 1.54) is 0 Å². The van der Waals surface area contributed by atoms with Gasteiger partial charge in [0.2, 0.25) is 0 Å². The Bertz CT molecular complexity index is 314. The quantitative estimate of drug-likeness (QED) is 0.820. The van der Waals surface area contributed by atoms with Gasteiger partial charge in [0.15, 0.2) is 0 Å². The molecule has 1 unspecified atom stereocenters. The maximum Gasteiger partial charge on any atom is 0.317 e. The molecule has 0 saturated carbocycles. The van der Waals surface area contributed by atoms with Gasteiger partial charge in [0.25, 0.3) is 0 Å². The zero-order chi connectivity index (χ0) is 14.5. The third-order valence-electron chi connectivity index (χ3n) is 4.22. The van der Waals surface area contributed by atoms with E-state index in [-0.39, 0.29) is 12.1 Å². The first-order valence-corrected chi connectivity index (χ1v) is 8.00. The lowest BCUT2D eigenvalue weighted by Gasteiger charge is -2.36. The van der Waals surface area contributed by atoms with Gasteiger partial charge in [-0.1, -0.05) is 13.8 Å². The number of nitrogens with zero attached hydrogens (tertiary/aromatic N) is 2. The van der Waals surface area contributed by atoms with Crippen molar-refractivity contribution in [1.82, 2.24) is 15.1 Å². The third kappa shape index (κ3) is 4.63. The van der Waals surface area contributed by atoms with Gasteiger partial charge in [-0.15, -0.1) is 0 Å². The first-order chi connectivity index (χ1) is 9.54. The van der Waals surface area contributed by atoms with Crippen molar-refractivity contribution in [1.29, 1.82) is 0 Å². The standard InChI is InChI=1S/C15H29N3O2/c1-12(2)10-17-8-5-13(6-9-17)16-15(20)18-7-3-4-14(19)11-18/h12-14,19H,3-11H2,1-2H3,(H,16,20). The van der Waals surface area contributed by atoms with Gasteiger partial charge in [0.1, 0.15) is 0 Å². The highest BCUT2D eigenvalue weighted by atomic mass is 16.3. The average molecular weight is 283 g/mol. The molecule has 5 heteroatoms. The molecule has 2 N–H and O–H groups in total. The van der Waals surface area contributed by atoms with Crippen molar-refractivity contribution < 1.29 is 9.90 Å². The summed E-state index contributed by atoms with van der Waals surface area (Å²) in [5, 5.41) is 12.8. The van der Waals surface area contributed by atoms with Gasteiger partial charge < -0.3 is 20.2 Å². The highest BCUT2D eigenvalue weighted by molar-refractivity contribution is 5.74. The number of hydrogen-bond donors (Lipinski definition) is 2. The van der Waals surface area contributed by atoms with E-state index >= 15 is 0 Å². The predicted octanol–water partition coefficient (Wildman–Crippen LogP) is 1.27. The second-order valence-electron chi connectivity index (χ2n) is 6.66. The summed E-state index contributed by atoms with van der Waals surface area (Å²) in [6.45, 7) is 9.05. The SMILES string of the molecule is CC(C)CN1CCC(NC(=O)N2CCCC(O)C2)CC1. The molecule has 2 aliphatic heterocycles. The Morgan fingerprint density at radius 3 is 2.55 bits per heavy atom. The van der Waals surface area contributed by atoms with Crippen LogP contribution in [0.25, 0.3) is 0 Å². The molecule has 2 amide bonds.